The molecule has 216 valence electrons. The monoisotopic (exact) mass is 538 g/mol. The highest BCUT2D eigenvalue weighted by Crippen LogP contribution is 2.43. The first-order valence-electron chi connectivity index (χ1n) is 15.4. The molecule has 0 aromatic carbocycles. The van der Waals surface area contributed by atoms with E-state index in [2.05, 4.69) is 26.0 Å². The zero-order valence-electron chi connectivity index (χ0n) is 24.3. The van der Waals surface area contributed by atoms with Crippen LogP contribution in [-0.4, -0.2) is 4.89 Å². The summed E-state index contributed by atoms with van der Waals surface area (Å²) in [6, 6.07) is 0. The van der Waals surface area contributed by atoms with Crippen molar-refractivity contribution in [1.29, 1.82) is 0 Å². The zero-order valence-corrected chi connectivity index (χ0v) is 25.2. The van der Waals surface area contributed by atoms with E-state index in [0.29, 0.717) is 0 Å². The average molecular weight is 539 g/mol. The standard InChI is InChI=1S/C32H59O4P/c1-3-5-7-9-11-13-15-17-19-21-23-25-27-29-31-35-37(33,34)36-32-30-28-26-24-22-20-18-16-14-12-10-8-6-4-2/h25-32H,3-24H2,1-2H3,(H,33,34)/b27-25+,28-26+,31-29+,32-30+. The summed E-state index contributed by atoms with van der Waals surface area (Å²) in [5.41, 5.74) is 0. The molecule has 0 saturated carbocycles. The van der Waals surface area contributed by atoms with E-state index in [1.807, 2.05) is 12.2 Å². The number of hydrogen-bond acceptors (Lipinski definition) is 3. The van der Waals surface area contributed by atoms with Gasteiger partial charge in [-0.25, -0.2) is 4.57 Å². The predicted molar refractivity (Wildman–Crippen MR) is 161 cm³/mol. The Bertz CT molecular complexity index is 574. The lowest BCUT2D eigenvalue weighted by atomic mass is 10.1. The molecule has 0 aromatic rings. The van der Waals surface area contributed by atoms with Gasteiger partial charge in [-0.2, -0.15) is 0 Å². The van der Waals surface area contributed by atoms with Gasteiger partial charge >= 0.3 is 7.82 Å². The Morgan fingerprint density at radius 2 is 0.784 bits per heavy atom. The fourth-order valence-corrected chi connectivity index (χ4v) is 4.69. The van der Waals surface area contributed by atoms with Crippen molar-refractivity contribution in [2.45, 2.75) is 155 Å². The van der Waals surface area contributed by atoms with Gasteiger partial charge in [0, 0.05) is 0 Å². The average Bonchev–Trinajstić information content (AvgIpc) is 2.88. The maximum atomic E-state index is 11.8. The van der Waals surface area contributed by atoms with Crippen LogP contribution >= 0.6 is 7.82 Å². The molecule has 1 N–H and O–H groups in total. The van der Waals surface area contributed by atoms with E-state index < -0.39 is 7.82 Å². The first kappa shape index (κ1) is 35.8. The highest BCUT2D eigenvalue weighted by molar-refractivity contribution is 7.47. The number of rotatable bonds is 28. The van der Waals surface area contributed by atoms with Crippen molar-refractivity contribution in [3.63, 3.8) is 0 Å². The molecule has 5 heteroatoms. The highest BCUT2D eigenvalue weighted by atomic mass is 31.2. The largest absolute Gasteiger partial charge is 0.583 e. The topological polar surface area (TPSA) is 55.8 Å². The Labute approximate surface area is 230 Å². The molecule has 0 fully saturated rings. The number of phosphoric acid groups is 1. The van der Waals surface area contributed by atoms with Crippen LogP contribution in [0, 0.1) is 0 Å². The summed E-state index contributed by atoms with van der Waals surface area (Å²) in [4.78, 5) is 9.68. The molecule has 0 saturated heterocycles. The lowest BCUT2D eigenvalue weighted by Gasteiger charge is -2.06. The van der Waals surface area contributed by atoms with E-state index in [0.717, 1.165) is 12.8 Å². The van der Waals surface area contributed by atoms with Gasteiger partial charge in [-0.1, -0.05) is 154 Å². The SMILES string of the molecule is CCCCCCCCCCCC/C=C/C=C/OP(=O)(O)O/C=C/C=C/CCCCCCCCCCCC. The third-order valence-corrected chi connectivity index (χ3v) is 7.26. The molecule has 0 aromatic heterocycles. The third kappa shape index (κ3) is 30.9. The molecule has 0 bridgehead atoms. The number of unbranched alkanes of at least 4 members (excludes halogenated alkanes) is 20. The van der Waals surface area contributed by atoms with Crippen molar-refractivity contribution in [2.24, 2.45) is 0 Å². The molecule has 0 aliphatic rings. The van der Waals surface area contributed by atoms with Gasteiger partial charge in [-0.05, 0) is 37.8 Å². The second-order valence-electron chi connectivity index (χ2n) is 10.1. The normalized spacial score (nSPS) is 12.6. The van der Waals surface area contributed by atoms with Gasteiger partial charge in [0.25, 0.3) is 0 Å². The van der Waals surface area contributed by atoms with Gasteiger partial charge in [0.15, 0.2) is 0 Å². The van der Waals surface area contributed by atoms with E-state index in [1.54, 1.807) is 12.2 Å². The van der Waals surface area contributed by atoms with Gasteiger partial charge in [0.05, 0.1) is 12.5 Å². The fraction of sp³-hybridized carbons (Fsp3) is 0.750. The van der Waals surface area contributed by atoms with Gasteiger partial charge in [0.2, 0.25) is 0 Å². The summed E-state index contributed by atoms with van der Waals surface area (Å²) < 4.78 is 21.5. The molecule has 0 aliphatic carbocycles. The molecular formula is C32H59O4P. The van der Waals surface area contributed by atoms with Crippen LogP contribution in [0.15, 0.2) is 49.0 Å². The smallest absolute Gasteiger partial charge is 0.403 e. The number of hydrogen-bond donors (Lipinski definition) is 1. The second kappa shape index (κ2) is 29.3. The van der Waals surface area contributed by atoms with Gasteiger partial charge in [-0.15, -0.1) is 0 Å². The first-order chi connectivity index (χ1) is 18.1. The van der Waals surface area contributed by atoms with Gasteiger partial charge in [-0.3, -0.25) is 4.89 Å². The quantitative estimate of drug-likeness (QED) is 0.0466. The number of allylic oxidation sites excluding steroid dienone is 6. The summed E-state index contributed by atoms with van der Waals surface area (Å²) in [5, 5.41) is 0. The van der Waals surface area contributed by atoms with E-state index in [9.17, 15) is 9.46 Å². The van der Waals surface area contributed by atoms with Crippen LogP contribution in [0.25, 0.3) is 0 Å². The van der Waals surface area contributed by atoms with Crippen molar-refractivity contribution in [1.82, 2.24) is 0 Å². The molecule has 4 nitrogen and oxygen atoms in total. The minimum Gasteiger partial charge on any atom is -0.403 e. The second-order valence-corrected chi connectivity index (χ2v) is 11.5. The molecule has 0 aliphatic heterocycles. The highest BCUT2D eigenvalue weighted by Gasteiger charge is 2.19. The Hall–Kier alpha value is -1.25. The summed E-state index contributed by atoms with van der Waals surface area (Å²) in [6.07, 6.45) is 42.2. The minimum absolute atomic E-state index is 1.02. The molecule has 0 spiro atoms. The summed E-state index contributed by atoms with van der Waals surface area (Å²) in [5.74, 6) is 0. The van der Waals surface area contributed by atoms with Crippen molar-refractivity contribution < 1.29 is 18.5 Å². The first-order valence-corrected chi connectivity index (χ1v) is 16.9. The maximum Gasteiger partial charge on any atom is 0.583 e. The van der Waals surface area contributed by atoms with Gasteiger partial charge < -0.3 is 9.05 Å². The Morgan fingerprint density at radius 1 is 0.486 bits per heavy atom. The van der Waals surface area contributed by atoms with Crippen LogP contribution in [0.1, 0.15) is 155 Å². The molecule has 0 heterocycles. The van der Waals surface area contributed by atoms with E-state index in [1.165, 1.54) is 141 Å². The molecule has 37 heavy (non-hydrogen) atoms. The summed E-state index contributed by atoms with van der Waals surface area (Å²) in [6.45, 7) is 4.52. The van der Waals surface area contributed by atoms with Crippen LogP contribution in [0.2, 0.25) is 0 Å². The van der Waals surface area contributed by atoms with Crippen molar-refractivity contribution in [3.05, 3.63) is 49.0 Å². The van der Waals surface area contributed by atoms with E-state index in [-0.39, 0.29) is 0 Å². The predicted octanol–water partition coefficient (Wildman–Crippen LogP) is 11.9. The van der Waals surface area contributed by atoms with Crippen LogP contribution in [0.4, 0.5) is 0 Å². The third-order valence-electron chi connectivity index (χ3n) is 6.49. The van der Waals surface area contributed by atoms with Crippen molar-refractivity contribution in [3.8, 4) is 0 Å². The van der Waals surface area contributed by atoms with Gasteiger partial charge in [0.1, 0.15) is 0 Å². The van der Waals surface area contributed by atoms with Crippen molar-refractivity contribution in [2.75, 3.05) is 0 Å². The lowest BCUT2D eigenvalue weighted by Crippen LogP contribution is -1.83. The molecule has 0 unspecified atom stereocenters. The van der Waals surface area contributed by atoms with Crippen LogP contribution < -0.4 is 0 Å². The molecule has 0 atom stereocenters. The van der Waals surface area contributed by atoms with E-state index >= 15 is 0 Å². The van der Waals surface area contributed by atoms with Crippen molar-refractivity contribution >= 4 is 7.82 Å². The minimum atomic E-state index is -4.11. The maximum absolute atomic E-state index is 11.8. The summed E-state index contributed by atoms with van der Waals surface area (Å²) in [7, 11) is -4.11. The molecule has 0 rings (SSSR count). The van der Waals surface area contributed by atoms with E-state index in [4.69, 9.17) is 9.05 Å². The molecule has 0 amide bonds. The summed E-state index contributed by atoms with van der Waals surface area (Å²) >= 11 is 0. The zero-order chi connectivity index (χ0) is 27.1. The Kier molecular flexibility index (Phi) is 28.3. The van der Waals surface area contributed by atoms with Crippen LogP contribution in [-0.2, 0) is 13.6 Å². The fourth-order valence-electron chi connectivity index (χ4n) is 4.19. The molecule has 0 radical (unpaired) electrons. The Morgan fingerprint density at radius 3 is 1.11 bits per heavy atom. The van der Waals surface area contributed by atoms with Crippen LogP contribution in [0.5, 0.6) is 0 Å². The lowest BCUT2D eigenvalue weighted by molar-refractivity contribution is 0.244. The Balaban J connectivity index is 3.59. The molecular weight excluding hydrogens is 479 g/mol. The number of phosphoric ester groups is 1. The van der Waals surface area contributed by atoms with Crippen LogP contribution in [0.3, 0.4) is 0 Å².